The second-order valence-corrected chi connectivity index (χ2v) is 4.15. The van der Waals surface area contributed by atoms with E-state index in [4.69, 9.17) is 9.47 Å². The van der Waals surface area contributed by atoms with E-state index in [1.54, 1.807) is 7.11 Å². The first kappa shape index (κ1) is 10.7. The maximum Gasteiger partial charge on any atom is 0.216 e. The molecule has 3 nitrogen and oxygen atoms in total. The number of hydrogen-bond donors (Lipinski definition) is 0. The maximum absolute atomic E-state index is 5.67. The van der Waals surface area contributed by atoms with Crippen molar-refractivity contribution in [2.75, 3.05) is 18.1 Å². The Labute approximate surface area is 103 Å². The van der Waals surface area contributed by atoms with Crippen LogP contribution in [0.5, 0.6) is 5.75 Å². The van der Waals surface area contributed by atoms with Gasteiger partial charge in [0.2, 0.25) is 5.90 Å². The largest absolute Gasteiger partial charge is 0.497 e. The van der Waals surface area contributed by atoms with Gasteiger partial charge in [0.25, 0.3) is 0 Å². The van der Waals surface area contributed by atoms with Gasteiger partial charge in [0.1, 0.15) is 11.9 Å². The zero-order chi connectivity index (χ0) is 10.7. The fraction of sp³-hybridized carbons (Fsp3) is 0.364. The molecule has 0 aliphatic carbocycles. The number of ether oxygens (including phenoxy) is 2. The first-order chi connectivity index (χ1) is 7.33. The van der Waals surface area contributed by atoms with Crippen molar-refractivity contribution in [1.82, 2.24) is 0 Å². The number of halogens is 1. The number of benzene rings is 1. The van der Waals surface area contributed by atoms with Crippen molar-refractivity contribution in [3.8, 4) is 5.75 Å². The molecule has 0 saturated carbocycles. The third kappa shape index (κ3) is 2.42. The van der Waals surface area contributed by atoms with Gasteiger partial charge < -0.3 is 9.47 Å². The normalized spacial score (nSPS) is 19.6. The van der Waals surface area contributed by atoms with Crippen molar-refractivity contribution in [2.45, 2.75) is 6.10 Å². The molecule has 4 heteroatoms. The van der Waals surface area contributed by atoms with E-state index in [1.807, 2.05) is 24.3 Å². The summed E-state index contributed by atoms with van der Waals surface area (Å²) >= 11 is 2.31. The second kappa shape index (κ2) is 4.83. The van der Waals surface area contributed by atoms with Crippen LogP contribution in [0, 0.1) is 0 Å². The Kier molecular flexibility index (Phi) is 3.45. The van der Waals surface area contributed by atoms with Crippen LogP contribution in [0.3, 0.4) is 0 Å². The average Bonchev–Trinajstić information content (AvgIpc) is 2.78. The van der Waals surface area contributed by atoms with Crippen LogP contribution in [-0.2, 0) is 4.74 Å². The van der Waals surface area contributed by atoms with Gasteiger partial charge in [-0.1, -0.05) is 22.6 Å². The van der Waals surface area contributed by atoms with E-state index in [0.29, 0.717) is 0 Å². The van der Waals surface area contributed by atoms with Crippen molar-refractivity contribution in [3.63, 3.8) is 0 Å². The number of aliphatic imine (C=N–C) groups is 1. The van der Waals surface area contributed by atoms with E-state index < -0.39 is 0 Å². The Morgan fingerprint density at radius 2 is 2.20 bits per heavy atom. The summed E-state index contributed by atoms with van der Waals surface area (Å²) < 4.78 is 11.7. The summed E-state index contributed by atoms with van der Waals surface area (Å²) in [6, 6.07) is 7.76. The molecule has 0 unspecified atom stereocenters. The van der Waals surface area contributed by atoms with Crippen molar-refractivity contribution < 1.29 is 9.47 Å². The van der Waals surface area contributed by atoms with Crippen LogP contribution in [0.4, 0.5) is 0 Å². The molecule has 2 rings (SSSR count). The number of rotatable bonds is 3. The molecule has 0 aromatic heterocycles. The molecule has 1 heterocycles. The van der Waals surface area contributed by atoms with Crippen LogP contribution < -0.4 is 4.74 Å². The van der Waals surface area contributed by atoms with Crippen molar-refractivity contribution in [3.05, 3.63) is 29.8 Å². The van der Waals surface area contributed by atoms with Gasteiger partial charge in [-0.05, 0) is 24.3 Å². The fourth-order valence-electron chi connectivity index (χ4n) is 1.39. The summed E-state index contributed by atoms with van der Waals surface area (Å²) in [6.45, 7) is 0.768. The van der Waals surface area contributed by atoms with Gasteiger partial charge in [-0.15, -0.1) is 0 Å². The lowest BCUT2D eigenvalue weighted by Gasteiger charge is -2.07. The quantitative estimate of drug-likeness (QED) is 0.632. The molecule has 1 aromatic rings. The number of nitrogens with zero attached hydrogens (tertiary/aromatic N) is 1. The lowest BCUT2D eigenvalue weighted by atomic mass is 10.2. The van der Waals surface area contributed by atoms with E-state index in [-0.39, 0.29) is 6.10 Å². The molecule has 0 radical (unpaired) electrons. The van der Waals surface area contributed by atoms with Crippen LogP contribution in [0.15, 0.2) is 29.3 Å². The Morgan fingerprint density at radius 1 is 1.47 bits per heavy atom. The summed E-state index contributed by atoms with van der Waals surface area (Å²) in [5.74, 6) is 1.60. The highest BCUT2D eigenvalue weighted by atomic mass is 127. The highest BCUT2D eigenvalue weighted by molar-refractivity contribution is 14.1. The average molecular weight is 317 g/mol. The molecule has 1 aliphatic heterocycles. The molecule has 0 bridgehead atoms. The van der Waals surface area contributed by atoms with Crippen LogP contribution in [-0.4, -0.2) is 30.1 Å². The van der Waals surface area contributed by atoms with Gasteiger partial charge in [0.05, 0.1) is 13.7 Å². The minimum atomic E-state index is 0.239. The fourth-order valence-corrected chi connectivity index (χ4v) is 1.85. The Hall–Kier alpha value is -0.780. The molecular formula is C11H12INO2. The van der Waals surface area contributed by atoms with E-state index in [1.165, 1.54) is 0 Å². The first-order valence-electron chi connectivity index (χ1n) is 4.75. The lowest BCUT2D eigenvalue weighted by Crippen LogP contribution is -2.14. The third-order valence-corrected chi connectivity index (χ3v) is 3.21. The monoisotopic (exact) mass is 317 g/mol. The Balaban J connectivity index is 2.10. The van der Waals surface area contributed by atoms with E-state index in [9.17, 15) is 0 Å². The van der Waals surface area contributed by atoms with Gasteiger partial charge in [-0.25, -0.2) is 4.99 Å². The SMILES string of the molecule is COc1ccc(C2=NC[C@@H](CI)O2)cc1. The number of methoxy groups -OCH3 is 1. The van der Waals surface area contributed by atoms with Crippen LogP contribution >= 0.6 is 22.6 Å². The van der Waals surface area contributed by atoms with E-state index >= 15 is 0 Å². The molecule has 1 aromatic carbocycles. The zero-order valence-corrected chi connectivity index (χ0v) is 10.6. The molecular weight excluding hydrogens is 305 g/mol. The van der Waals surface area contributed by atoms with Gasteiger partial charge >= 0.3 is 0 Å². The molecule has 80 valence electrons. The molecule has 0 amide bonds. The van der Waals surface area contributed by atoms with Gasteiger partial charge in [0, 0.05) is 9.99 Å². The lowest BCUT2D eigenvalue weighted by molar-refractivity contribution is 0.254. The molecule has 0 spiro atoms. The highest BCUT2D eigenvalue weighted by Crippen LogP contribution is 2.17. The number of hydrogen-bond acceptors (Lipinski definition) is 3. The smallest absolute Gasteiger partial charge is 0.216 e. The van der Waals surface area contributed by atoms with Crippen molar-refractivity contribution in [2.24, 2.45) is 4.99 Å². The van der Waals surface area contributed by atoms with Gasteiger partial charge in [-0.2, -0.15) is 0 Å². The predicted octanol–water partition coefficient (Wildman–Crippen LogP) is 2.28. The number of alkyl halides is 1. The molecule has 15 heavy (non-hydrogen) atoms. The summed E-state index contributed by atoms with van der Waals surface area (Å²) in [4.78, 5) is 4.36. The summed E-state index contributed by atoms with van der Waals surface area (Å²) in [6.07, 6.45) is 0.239. The minimum Gasteiger partial charge on any atom is -0.497 e. The van der Waals surface area contributed by atoms with Crippen LogP contribution in [0.25, 0.3) is 0 Å². The molecule has 0 fully saturated rings. The molecule has 1 atom stereocenters. The molecule has 1 aliphatic rings. The van der Waals surface area contributed by atoms with E-state index in [2.05, 4.69) is 27.6 Å². The van der Waals surface area contributed by atoms with Crippen molar-refractivity contribution >= 4 is 28.5 Å². The Bertz CT molecular complexity index is 361. The molecule has 0 N–H and O–H groups in total. The summed E-state index contributed by atoms with van der Waals surface area (Å²) in [5.41, 5.74) is 1.02. The summed E-state index contributed by atoms with van der Waals surface area (Å²) in [7, 11) is 1.66. The zero-order valence-electron chi connectivity index (χ0n) is 8.44. The Morgan fingerprint density at radius 3 is 2.73 bits per heavy atom. The maximum atomic E-state index is 5.67. The summed E-state index contributed by atoms with van der Waals surface area (Å²) in [5, 5.41) is 0. The van der Waals surface area contributed by atoms with Crippen molar-refractivity contribution in [1.29, 1.82) is 0 Å². The molecule has 0 saturated heterocycles. The van der Waals surface area contributed by atoms with Crippen LogP contribution in [0.2, 0.25) is 0 Å². The predicted molar refractivity (Wildman–Crippen MR) is 68.2 cm³/mol. The highest BCUT2D eigenvalue weighted by Gasteiger charge is 2.19. The topological polar surface area (TPSA) is 30.8 Å². The van der Waals surface area contributed by atoms with Gasteiger partial charge in [0.15, 0.2) is 0 Å². The van der Waals surface area contributed by atoms with Crippen LogP contribution in [0.1, 0.15) is 5.56 Å². The van der Waals surface area contributed by atoms with E-state index in [0.717, 1.165) is 28.2 Å². The second-order valence-electron chi connectivity index (χ2n) is 3.27. The van der Waals surface area contributed by atoms with Gasteiger partial charge in [-0.3, -0.25) is 0 Å². The third-order valence-electron chi connectivity index (χ3n) is 2.23. The standard InChI is InChI=1S/C11H12INO2/c1-14-9-4-2-8(3-5-9)11-13-7-10(6-12)15-11/h2-5,10H,6-7H2,1H3/t10-/m1/s1. The minimum absolute atomic E-state index is 0.239. The first-order valence-corrected chi connectivity index (χ1v) is 6.27.